The highest BCUT2D eigenvalue weighted by Crippen LogP contribution is 2.23. The summed E-state index contributed by atoms with van der Waals surface area (Å²) in [6.45, 7) is 0. The SMILES string of the molecule is N#COC1CCCCC1OC#N. The van der Waals surface area contributed by atoms with E-state index in [1.807, 2.05) is 0 Å². The predicted molar refractivity (Wildman–Crippen MR) is 39.4 cm³/mol. The molecular weight excluding hydrogens is 156 g/mol. The molecule has 1 aliphatic rings. The largest absolute Gasteiger partial charge is 0.420 e. The van der Waals surface area contributed by atoms with Crippen LogP contribution in [0.25, 0.3) is 0 Å². The molecule has 4 heteroatoms. The van der Waals surface area contributed by atoms with Crippen molar-refractivity contribution in [3.63, 3.8) is 0 Å². The van der Waals surface area contributed by atoms with E-state index < -0.39 is 0 Å². The number of ether oxygens (including phenoxy) is 2. The Morgan fingerprint density at radius 2 is 1.33 bits per heavy atom. The summed E-state index contributed by atoms with van der Waals surface area (Å²) in [5.74, 6) is 0. The van der Waals surface area contributed by atoms with Crippen molar-refractivity contribution >= 4 is 0 Å². The van der Waals surface area contributed by atoms with Gasteiger partial charge in [-0.3, -0.25) is 0 Å². The second kappa shape index (κ2) is 4.46. The molecule has 0 amide bonds. The van der Waals surface area contributed by atoms with Gasteiger partial charge in [0.2, 0.25) is 0 Å². The summed E-state index contributed by atoms with van der Waals surface area (Å²) >= 11 is 0. The third-order valence-electron chi connectivity index (χ3n) is 2.05. The van der Waals surface area contributed by atoms with E-state index in [-0.39, 0.29) is 12.2 Å². The second-order valence-corrected chi connectivity index (χ2v) is 2.78. The van der Waals surface area contributed by atoms with Crippen molar-refractivity contribution in [2.24, 2.45) is 0 Å². The molecule has 1 rings (SSSR count). The normalized spacial score (nSPS) is 28.2. The molecule has 0 aromatic rings. The Morgan fingerprint density at radius 1 is 0.917 bits per heavy atom. The molecule has 0 saturated heterocycles. The fraction of sp³-hybridized carbons (Fsp3) is 0.750. The zero-order valence-electron chi connectivity index (χ0n) is 6.69. The molecule has 4 nitrogen and oxygen atoms in total. The Labute approximate surface area is 71.3 Å². The molecule has 2 unspecified atom stereocenters. The van der Waals surface area contributed by atoms with Crippen molar-refractivity contribution in [1.29, 1.82) is 10.5 Å². The lowest BCUT2D eigenvalue weighted by atomic mass is 9.95. The minimum atomic E-state index is -0.219. The molecular formula is C8H10N2O2. The summed E-state index contributed by atoms with van der Waals surface area (Å²) < 4.78 is 9.55. The lowest BCUT2D eigenvalue weighted by molar-refractivity contribution is -0.0127. The minimum absolute atomic E-state index is 0.219. The summed E-state index contributed by atoms with van der Waals surface area (Å²) in [5.41, 5.74) is 0. The van der Waals surface area contributed by atoms with Crippen molar-refractivity contribution in [2.75, 3.05) is 0 Å². The molecule has 12 heavy (non-hydrogen) atoms. The standard InChI is InChI=1S/C8H10N2O2/c9-5-11-7-3-1-2-4-8(7)12-6-10/h7-8H,1-4H2. The highest BCUT2D eigenvalue weighted by molar-refractivity contribution is 4.80. The van der Waals surface area contributed by atoms with Gasteiger partial charge in [-0.25, -0.2) is 0 Å². The second-order valence-electron chi connectivity index (χ2n) is 2.78. The Hall–Kier alpha value is -1.42. The van der Waals surface area contributed by atoms with Crippen LogP contribution in [0.3, 0.4) is 0 Å². The average molecular weight is 166 g/mol. The van der Waals surface area contributed by atoms with Gasteiger partial charge in [0.1, 0.15) is 0 Å². The topological polar surface area (TPSA) is 66.0 Å². The van der Waals surface area contributed by atoms with Gasteiger partial charge in [0.05, 0.1) is 0 Å². The van der Waals surface area contributed by atoms with E-state index in [0.29, 0.717) is 0 Å². The molecule has 0 aromatic carbocycles. The molecule has 1 aliphatic carbocycles. The van der Waals surface area contributed by atoms with Crippen LogP contribution in [0, 0.1) is 23.0 Å². The van der Waals surface area contributed by atoms with E-state index in [4.69, 9.17) is 20.0 Å². The van der Waals surface area contributed by atoms with Crippen LogP contribution in [0.2, 0.25) is 0 Å². The zero-order valence-corrected chi connectivity index (χ0v) is 6.69. The monoisotopic (exact) mass is 166 g/mol. The van der Waals surface area contributed by atoms with Crippen molar-refractivity contribution < 1.29 is 9.47 Å². The summed E-state index contributed by atoms with van der Waals surface area (Å²) in [6, 6.07) is 0. The lowest BCUT2D eigenvalue weighted by Gasteiger charge is -2.26. The summed E-state index contributed by atoms with van der Waals surface area (Å²) in [5, 5.41) is 16.6. The van der Waals surface area contributed by atoms with Crippen LogP contribution in [-0.2, 0) is 9.47 Å². The number of hydrogen-bond donors (Lipinski definition) is 0. The third kappa shape index (κ3) is 2.03. The van der Waals surface area contributed by atoms with Gasteiger partial charge in [-0.05, 0) is 25.7 Å². The van der Waals surface area contributed by atoms with Crippen LogP contribution in [0.5, 0.6) is 0 Å². The van der Waals surface area contributed by atoms with Crippen molar-refractivity contribution in [2.45, 2.75) is 37.9 Å². The van der Waals surface area contributed by atoms with Gasteiger partial charge in [-0.1, -0.05) is 0 Å². The van der Waals surface area contributed by atoms with E-state index in [9.17, 15) is 0 Å². The van der Waals surface area contributed by atoms with E-state index in [0.717, 1.165) is 25.7 Å². The first-order chi connectivity index (χ1) is 5.88. The Morgan fingerprint density at radius 3 is 1.67 bits per heavy atom. The van der Waals surface area contributed by atoms with Gasteiger partial charge < -0.3 is 9.47 Å². The number of rotatable bonds is 2. The summed E-state index contributed by atoms with van der Waals surface area (Å²) in [7, 11) is 0. The zero-order chi connectivity index (χ0) is 8.81. The molecule has 1 fully saturated rings. The maximum absolute atomic E-state index is 8.29. The van der Waals surface area contributed by atoms with Crippen LogP contribution in [-0.4, -0.2) is 12.2 Å². The molecule has 1 saturated carbocycles. The summed E-state index contributed by atoms with van der Waals surface area (Å²) in [6.07, 6.45) is 6.52. The van der Waals surface area contributed by atoms with Crippen LogP contribution in [0.15, 0.2) is 0 Å². The van der Waals surface area contributed by atoms with Crippen molar-refractivity contribution in [3.8, 4) is 12.5 Å². The average Bonchev–Trinajstić information content (AvgIpc) is 2.09. The van der Waals surface area contributed by atoms with Gasteiger partial charge in [-0.15, -0.1) is 0 Å². The highest BCUT2D eigenvalue weighted by atomic mass is 16.5. The first kappa shape index (κ1) is 8.67. The smallest absolute Gasteiger partial charge is 0.286 e. The molecule has 64 valence electrons. The maximum atomic E-state index is 8.29. The fourth-order valence-corrected chi connectivity index (χ4v) is 1.47. The van der Waals surface area contributed by atoms with Crippen LogP contribution in [0.4, 0.5) is 0 Å². The molecule has 0 spiro atoms. The fourth-order valence-electron chi connectivity index (χ4n) is 1.47. The lowest BCUT2D eigenvalue weighted by Crippen LogP contribution is -2.32. The predicted octanol–water partition coefficient (Wildman–Crippen LogP) is 1.29. The van der Waals surface area contributed by atoms with E-state index in [1.165, 1.54) is 0 Å². The molecule has 0 bridgehead atoms. The third-order valence-corrected chi connectivity index (χ3v) is 2.05. The number of hydrogen-bond acceptors (Lipinski definition) is 4. The molecule has 0 aromatic heterocycles. The first-order valence-corrected chi connectivity index (χ1v) is 3.98. The Kier molecular flexibility index (Phi) is 3.22. The maximum Gasteiger partial charge on any atom is 0.286 e. The Balaban J connectivity index is 2.44. The van der Waals surface area contributed by atoms with Gasteiger partial charge >= 0.3 is 0 Å². The van der Waals surface area contributed by atoms with Gasteiger partial charge in [-0.2, -0.15) is 10.5 Å². The molecule has 2 atom stereocenters. The van der Waals surface area contributed by atoms with Gasteiger partial charge in [0.25, 0.3) is 12.5 Å². The van der Waals surface area contributed by atoms with Gasteiger partial charge in [0, 0.05) is 0 Å². The van der Waals surface area contributed by atoms with E-state index >= 15 is 0 Å². The van der Waals surface area contributed by atoms with Gasteiger partial charge in [0.15, 0.2) is 12.2 Å². The first-order valence-electron chi connectivity index (χ1n) is 3.98. The van der Waals surface area contributed by atoms with E-state index in [1.54, 1.807) is 12.5 Å². The quantitative estimate of drug-likeness (QED) is 0.580. The van der Waals surface area contributed by atoms with Crippen molar-refractivity contribution in [1.82, 2.24) is 0 Å². The minimum Gasteiger partial charge on any atom is -0.420 e. The van der Waals surface area contributed by atoms with Crippen LogP contribution < -0.4 is 0 Å². The molecule has 0 heterocycles. The molecule has 0 radical (unpaired) electrons. The van der Waals surface area contributed by atoms with Crippen LogP contribution in [0.1, 0.15) is 25.7 Å². The van der Waals surface area contributed by atoms with Crippen LogP contribution >= 0.6 is 0 Å². The van der Waals surface area contributed by atoms with E-state index in [2.05, 4.69) is 0 Å². The Bertz CT molecular complexity index is 192. The van der Waals surface area contributed by atoms with Crippen molar-refractivity contribution in [3.05, 3.63) is 0 Å². The molecule has 0 aliphatic heterocycles. The molecule has 0 N–H and O–H groups in total. The summed E-state index contributed by atoms with van der Waals surface area (Å²) in [4.78, 5) is 0. The highest BCUT2D eigenvalue weighted by Gasteiger charge is 2.28. The number of nitrogens with zero attached hydrogens (tertiary/aromatic N) is 2. The number of nitriles is 2.